The van der Waals surface area contributed by atoms with Gasteiger partial charge in [0.25, 0.3) is 0 Å². The average Bonchev–Trinajstić information content (AvgIpc) is 3.02. The number of hydrogen-bond donors (Lipinski definition) is 2. The number of nitrogens with zero attached hydrogens (tertiary/aromatic N) is 1. The Balaban J connectivity index is 1.23. The molecule has 3 fully saturated rings. The molecule has 0 saturated heterocycles. The number of carbonyl (C=O) groups excluding carboxylic acids is 2. The van der Waals surface area contributed by atoms with Gasteiger partial charge in [-0.1, -0.05) is 0 Å². The smallest absolute Gasteiger partial charge is 0.407 e. The lowest BCUT2D eigenvalue weighted by Gasteiger charge is -2.38. The second-order valence-corrected chi connectivity index (χ2v) is 8.60. The van der Waals surface area contributed by atoms with E-state index >= 15 is 0 Å². The molecule has 1 heterocycles. The Morgan fingerprint density at radius 2 is 2.15 bits per heavy atom. The molecule has 0 spiro atoms. The Bertz CT molecular complexity index is 744. The molecule has 0 aromatic carbocycles. The highest BCUT2D eigenvalue weighted by Gasteiger charge is 2.42. The molecule has 3 saturated carbocycles. The molecule has 27 heavy (non-hydrogen) atoms. The lowest BCUT2D eigenvalue weighted by molar-refractivity contribution is -0.121. The third-order valence-electron chi connectivity index (χ3n) is 6.39. The Hall–Kier alpha value is -2.29. The van der Waals surface area contributed by atoms with Crippen molar-refractivity contribution in [3.8, 4) is 12.3 Å². The quantitative estimate of drug-likeness (QED) is 0.748. The summed E-state index contributed by atoms with van der Waals surface area (Å²) in [6, 6.07) is 0. The van der Waals surface area contributed by atoms with E-state index in [9.17, 15) is 9.59 Å². The zero-order chi connectivity index (χ0) is 19.0. The Kier molecular flexibility index (Phi) is 4.71. The number of nitrogens with one attached hydrogen (secondary N) is 2. The number of aliphatic imine (C=N–C) groups is 1. The van der Waals surface area contributed by atoms with Crippen LogP contribution in [-0.2, 0) is 9.53 Å². The molecule has 6 heteroatoms. The first kappa shape index (κ1) is 18.1. The van der Waals surface area contributed by atoms with Crippen molar-refractivity contribution in [3.05, 3.63) is 11.6 Å². The van der Waals surface area contributed by atoms with Crippen LogP contribution in [0.1, 0.15) is 51.9 Å². The summed E-state index contributed by atoms with van der Waals surface area (Å²) in [4.78, 5) is 28.6. The van der Waals surface area contributed by atoms with Gasteiger partial charge in [0.1, 0.15) is 11.9 Å². The van der Waals surface area contributed by atoms with Gasteiger partial charge in [-0.15, -0.1) is 12.3 Å². The maximum absolute atomic E-state index is 12.1. The summed E-state index contributed by atoms with van der Waals surface area (Å²) in [5, 5.41) is 5.88. The number of alkyl carbamates (subject to hydrolysis) is 1. The summed E-state index contributed by atoms with van der Waals surface area (Å²) in [7, 11) is 0. The summed E-state index contributed by atoms with van der Waals surface area (Å²) in [6.45, 7) is 2.68. The summed E-state index contributed by atoms with van der Waals surface area (Å²) >= 11 is 0. The predicted molar refractivity (Wildman–Crippen MR) is 102 cm³/mol. The van der Waals surface area contributed by atoms with Crippen LogP contribution >= 0.6 is 0 Å². The second kappa shape index (κ2) is 7.03. The first-order valence-corrected chi connectivity index (χ1v) is 9.96. The van der Waals surface area contributed by atoms with Gasteiger partial charge in [-0.2, -0.15) is 0 Å². The van der Waals surface area contributed by atoms with Crippen molar-refractivity contribution in [1.82, 2.24) is 10.6 Å². The van der Waals surface area contributed by atoms with Crippen molar-refractivity contribution in [2.75, 3.05) is 6.54 Å². The van der Waals surface area contributed by atoms with E-state index in [2.05, 4.69) is 28.5 Å². The van der Waals surface area contributed by atoms with E-state index in [1.54, 1.807) is 0 Å². The second-order valence-electron chi connectivity index (χ2n) is 8.60. The average molecular weight is 369 g/mol. The van der Waals surface area contributed by atoms with Crippen molar-refractivity contribution >= 4 is 17.8 Å². The van der Waals surface area contributed by atoms with Gasteiger partial charge >= 0.3 is 6.09 Å². The van der Waals surface area contributed by atoms with Crippen LogP contribution in [0.4, 0.5) is 4.79 Å². The third kappa shape index (κ3) is 4.02. The van der Waals surface area contributed by atoms with Crippen LogP contribution in [0.15, 0.2) is 16.6 Å². The third-order valence-corrected chi connectivity index (χ3v) is 6.39. The number of rotatable bonds is 4. The van der Waals surface area contributed by atoms with Crippen LogP contribution in [-0.4, -0.2) is 36.0 Å². The van der Waals surface area contributed by atoms with Crippen LogP contribution < -0.4 is 10.6 Å². The monoisotopic (exact) mass is 369 g/mol. The molecule has 1 aliphatic heterocycles. The molecule has 0 unspecified atom stereocenters. The van der Waals surface area contributed by atoms with Crippen LogP contribution in [0.2, 0.25) is 0 Å². The fourth-order valence-corrected chi connectivity index (χ4v) is 4.30. The van der Waals surface area contributed by atoms with Gasteiger partial charge in [0.05, 0.1) is 12.5 Å². The number of amidine groups is 1. The summed E-state index contributed by atoms with van der Waals surface area (Å²) in [5.41, 5.74) is 1.14. The largest absolute Gasteiger partial charge is 0.446 e. The van der Waals surface area contributed by atoms with Gasteiger partial charge in [0.2, 0.25) is 5.91 Å². The molecule has 6 nitrogen and oxygen atoms in total. The maximum Gasteiger partial charge on any atom is 0.407 e. The van der Waals surface area contributed by atoms with E-state index in [0.29, 0.717) is 18.3 Å². The lowest BCUT2D eigenvalue weighted by atomic mass is 9.79. The topological polar surface area (TPSA) is 79.8 Å². The van der Waals surface area contributed by atoms with Crippen molar-refractivity contribution in [2.24, 2.45) is 22.7 Å². The molecular weight excluding hydrogens is 342 g/mol. The van der Waals surface area contributed by atoms with Gasteiger partial charge in [0.15, 0.2) is 0 Å². The van der Waals surface area contributed by atoms with Gasteiger partial charge in [-0.25, -0.2) is 4.79 Å². The van der Waals surface area contributed by atoms with E-state index in [1.807, 2.05) is 6.08 Å². The highest BCUT2D eigenvalue weighted by atomic mass is 16.6. The standard InChI is InChI=1S/C21H27N3O3/c1-3-13-10-17(13)19(25)23-18-11-15(12-22-18)14-5-6-16(9-14)27-20(26)24-21(2)7-4-8-21/h1,11,13-14,16-17H,4-10,12H2,2H3,(H,24,26)(H,22,23,25)/t13-,14-,16+,17-/m0/s1. The zero-order valence-corrected chi connectivity index (χ0v) is 15.8. The van der Waals surface area contributed by atoms with Crippen LogP contribution in [0, 0.1) is 30.1 Å². The van der Waals surface area contributed by atoms with Gasteiger partial charge in [0, 0.05) is 11.5 Å². The number of carbonyl (C=O) groups is 2. The predicted octanol–water partition coefficient (Wildman–Crippen LogP) is 2.55. The first-order chi connectivity index (χ1) is 13.0. The molecule has 2 amide bonds. The normalized spacial score (nSPS) is 33.2. The molecule has 4 aliphatic rings. The SMILES string of the molecule is C#C[C@H]1C[C@@H]1C(=O)NC1=NCC([C@H]2CC[C@@H](OC(=O)NC3(C)CCC3)C2)=C1. The number of terminal acetylenes is 1. The fraction of sp³-hybridized carbons (Fsp3) is 0.667. The first-order valence-electron chi connectivity index (χ1n) is 9.96. The minimum absolute atomic E-state index is 0.0250. The Morgan fingerprint density at radius 1 is 1.33 bits per heavy atom. The maximum atomic E-state index is 12.1. The number of ether oxygens (including phenoxy) is 1. The molecule has 0 bridgehead atoms. The Morgan fingerprint density at radius 3 is 2.81 bits per heavy atom. The molecule has 4 atom stereocenters. The van der Waals surface area contributed by atoms with Gasteiger partial charge in [-0.05, 0) is 69.4 Å². The van der Waals surface area contributed by atoms with Crippen LogP contribution in [0.3, 0.4) is 0 Å². The van der Waals surface area contributed by atoms with E-state index in [4.69, 9.17) is 11.2 Å². The Labute approximate surface area is 160 Å². The zero-order valence-electron chi connectivity index (χ0n) is 15.8. The molecular formula is C21H27N3O3. The minimum atomic E-state index is -0.292. The van der Waals surface area contributed by atoms with Crippen molar-refractivity contribution in [3.63, 3.8) is 0 Å². The highest BCUT2D eigenvalue weighted by Crippen LogP contribution is 2.38. The summed E-state index contributed by atoms with van der Waals surface area (Å²) in [6.07, 6.45) is 13.7. The van der Waals surface area contributed by atoms with Crippen molar-refractivity contribution < 1.29 is 14.3 Å². The number of hydrogen-bond acceptors (Lipinski definition) is 4. The van der Waals surface area contributed by atoms with Crippen molar-refractivity contribution in [1.29, 1.82) is 0 Å². The molecule has 2 N–H and O–H groups in total. The van der Waals surface area contributed by atoms with E-state index in [1.165, 1.54) is 12.0 Å². The molecule has 0 radical (unpaired) electrons. The lowest BCUT2D eigenvalue weighted by Crippen LogP contribution is -2.51. The number of amides is 2. The minimum Gasteiger partial charge on any atom is -0.446 e. The van der Waals surface area contributed by atoms with Crippen LogP contribution in [0.25, 0.3) is 0 Å². The summed E-state index contributed by atoms with van der Waals surface area (Å²) in [5.74, 6) is 3.62. The molecule has 4 rings (SSSR count). The van der Waals surface area contributed by atoms with Gasteiger partial charge in [-0.3, -0.25) is 9.79 Å². The molecule has 3 aliphatic carbocycles. The van der Waals surface area contributed by atoms with E-state index < -0.39 is 0 Å². The van der Waals surface area contributed by atoms with E-state index in [-0.39, 0.29) is 35.5 Å². The fourth-order valence-electron chi connectivity index (χ4n) is 4.30. The summed E-state index contributed by atoms with van der Waals surface area (Å²) < 4.78 is 5.62. The molecule has 0 aromatic rings. The van der Waals surface area contributed by atoms with Crippen LogP contribution in [0.5, 0.6) is 0 Å². The highest BCUT2D eigenvalue weighted by molar-refractivity contribution is 6.07. The molecule has 144 valence electrons. The van der Waals surface area contributed by atoms with Crippen molar-refractivity contribution in [2.45, 2.75) is 63.5 Å². The van der Waals surface area contributed by atoms with Gasteiger partial charge < -0.3 is 15.4 Å². The van der Waals surface area contributed by atoms with E-state index in [0.717, 1.165) is 38.5 Å². The molecule has 0 aromatic heterocycles.